The number of nitrogens with one attached hydrogen (secondary N) is 1. The van der Waals surface area contributed by atoms with Crippen LogP contribution >= 0.6 is 11.3 Å². The van der Waals surface area contributed by atoms with E-state index in [1.165, 1.54) is 28.8 Å². The fourth-order valence-electron chi connectivity index (χ4n) is 3.72. The number of halogens is 2. The second kappa shape index (κ2) is 8.37. The maximum atomic E-state index is 13.7. The van der Waals surface area contributed by atoms with Crippen molar-refractivity contribution in [3.8, 4) is 17.1 Å². The first-order chi connectivity index (χ1) is 16.4. The molecular formula is C22H18F2N6O3S. The monoisotopic (exact) mass is 484 g/mol. The topological polar surface area (TPSA) is 96.0 Å². The molecule has 174 valence electrons. The van der Waals surface area contributed by atoms with Gasteiger partial charge in [0.25, 0.3) is 5.56 Å². The first-order valence-corrected chi connectivity index (χ1v) is 11.1. The van der Waals surface area contributed by atoms with Crippen LogP contribution in [0.15, 0.2) is 58.3 Å². The van der Waals surface area contributed by atoms with Crippen LogP contribution in [0.4, 0.5) is 13.9 Å². The highest BCUT2D eigenvalue weighted by Crippen LogP contribution is 2.26. The lowest BCUT2D eigenvalue weighted by Gasteiger charge is -2.12. The minimum absolute atomic E-state index is 0.0509. The molecule has 0 unspecified atom stereocenters. The third-order valence-electron chi connectivity index (χ3n) is 5.11. The van der Waals surface area contributed by atoms with Crippen molar-refractivity contribution in [3.05, 3.63) is 69.5 Å². The SMILES string of the molecule is CCNc1nc2c(s1)c(=O)n(-c1ccc3nn(C)cc3c1)c(=O)n2-c1ccc(OC(F)F)cc1. The van der Waals surface area contributed by atoms with Crippen molar-refractivity contribution < 1.29 is 13.5 Å². The number of anilines is 1. The average Bonchev–Trinajstić information content (AvgIpc) is 3.37. The molecular weight excluding hydrogens is 466 g/mol. The zero-order valence-corrected chi connectivity index (χ0v) is 18.8. The molecule has 0 bridgehead atoms. The third kappa shape index (κ3) is 3.71. The second-order valence-corrected chi connectivity index (χ2v) is 8.38. The van der Waals surface area contributed by atoms with E-state index in [2.05, 4.69) is 20.1 Å². The van der Waals surface area contributed by atoms with Crippen molar-refractivity contribution in [1.29, 1.82) is 0 Å². The number of hydrogen-bond donors (Lipinski definition) is 1. The Morgan fingerprint density at radius 3 is 2.53 bits per heavy atom. The molecule has 0 fully saturated rings. The Balaban J connectivity index is 1.78. The van der Waals surface area contributed by atoms with Crippen LogP contribution in [0.5, 0.6) is 5.75 Å². The summed E-state index contributed by atoms with van der Waals surface area (Å²) in [5, 5.41) is 8.65. The quantitative estimate of drug-likeness (QED) is 0.396. The van der Waals surface area contributed by atoms with Gasteiger partial charge in [-0.3, -0.25) is 9.48 Å². The van der Waals surface area contributed by atoms with Crippen LogP contribution in [0.2, 0.25) is 0 Å². The van der Waals surface area contributed by atoms with Gasteiger partial charge in [-0.2, -0.15) is 13.9 Å². The molecule has 9 nitrogen and oxygen atoms in total. The van der Waals surface area contributed by atoms with E-state index in [1.807, 2.05) is 6.92 Å². The van der Waals surface area contributed by atoms with Crippen molar-refractivity contribution in [1.82, 2.24) is 23.9 Å². The first kappa shape index (κ1) is 21.8. The lowest BCUT2D eigenvalue weighted by molar-refractivity contribution is -0.0498. The fraction of sp³-hybridized carbons (Fsp3) is 0.182. The van der Waals surface area contributed by atoms with Crippen molar-refractivity contribution in [2.45, 2.75) is 13.5 Å². The standard InChI is InChI=1S/C22H18F2N6O3S/c1-3-25-21-26-18-17(34-21)19(31)30(14-6-9-16-12(10-14)11-28(2)27-16)22(32)29(18)13-4-7-15(8-5-13)33-20(23)24/h4-11,20H,3H2,1-2H3,(H,25,26). The molecule has 0 amide bonds. The summed E-state index contributed by atoms with van der Waals surface area (Å²) in [6.45, 7) is -0.497. The van der Waals surface area contributed by atoms with Gasteiger partial charge in [-0.1, -0.05) is 11.3 Å². The van der Waals surface area contributed by atoms with Crippen molar-refractivity contribution in [2.75, 3.05) is 11.9 Å². The molecule has 12 heteroatoms. The number of hydrogen-bond acceptors (Lipinski definition) is 7. The Kier molecular flexibility index (Phi) is 5.36. The second-order valence-electron chi connectivity index (χ2n) is 7.38. The van der Waals surface area contributed by atoms with Gasteiger partial charge in [-0.15, -0.1) is 0 Å². The van der Waals surface area contributed by atoms with E-state index in [9.17, 15) is 18.4 Å². The summed E-state index contributed by atoms with van der Waals surface area (Å²) in [4.78, 5) is 31.6. The Bertz CT molecular complexity index is 1640. The summed E-state index contributed by atoms with van der Waals surface area (Å²) in [6.07, 6.45) is 1.79. The minimum atomic E-state index is -2.97. The van der Waals surface area contributed by atoms with Crippen molar-refractivity contribution in [3.63, 3.8) is 0 Å². The van der Waals surface area contributed by atoms with E-state index in [1.54, 1.807) is 36.1 Å². The summed E-state index contributed by atoms with van der Waals surface area (Å²) in [6, 6.07) is 10.7. The number of aryl methyl sites for hydroxylation is 1. The van der Waals surface area contributed by atoms with E-state index >= 15 is 0 Å². The summed E-state index contributed by atoms with van der Waals surface area (Å²) in [7, 11) is 1.78. The Hall–Kier alpha value is -4.06. The normalized spacial score (nSPS) is 11.6. The smallest absolute Gasteiger partial charge is 0.387 e. The maximum absolute atomic E-state index is 13.7. The number of rotatable bonds is 6. The van der Waals surface area contributed by atoms with Crippen LogP contribution in [-0.2, 0) is 7.05 Å². The van der Waals surface area contributed by atoms with Gasteiger partial charge in [0.2, 0.25) is 0 Å². The van der Waals surface area contributed by atoms with E-state index in [0.717, 1.165) is 26.8 Å². The number of aromatic nitrogens is 5. The molecule has 1 N–H and O–H groups in total. The molecule has 2 aromatic carbocycles. The fourth-order valence-corrected chi connectivity index (χ4v) is 4.67. The van der Waals surface area contributed by atoms with Gasteiger partial charge in [0, 0.05) is 25.2 Å². The molecule has 0 aliphatic rings. The highest BCUT2D eigenvalue weighted by Gasteiger charge is 2.20. The number of fused-ring (bicyclic) bond motifs is 2. The molecule has 5 rings (SSSR count). The molecule has 3 aromatic heterocycles. The predicted molar refractivity (Wildman–Crippen MR) is 126 cm³/mol. The Morgan fingerprint density at radius 2 is 1.82 bits per heavy atom. The zero-order chi connectivity index (χ0) is 24.0. The van der Waals surface area contributed by atoms with Gasteiger partial charge < -0.3 is 10.1 Å². The summed E-state index contributed by atoms with van der Waals surface area (Å²) in [5.74, 6) is -0.0509. The van der Waals surface area contributed by atoms with E-state index in [4.69, 9.17) is 0 Å². The lowest BCUT2D eigenvalue weighted by Crippen LogP contribution is -2.38. The number of nitrogens with zero attached hydrogens (tertiary/aromatic N) is 5. The van der Waals surface area contributed by atoms with E-state index in [0.29, 0.717) is 23.1 Å². The Labute approximate surface area is 194 Å². The van der Waals surface area contributed by atoms with Crippen LogP contribution < -0.4 is 21.3 Å². The Morgan fingerprint density at radius 1 is 1.09 bits per heavy atom. The minimum Gasteiger partial charge on any atom is -0.435 e. The average molecular weight is 484 g/mol. The van der Waals surface area contributed by atoms with Crippen molar-refractivity contribution in [2.24, 2.45) is 7.05 Å². The highest BCUT2D eigenvalue weighted by molar-refractivity contribution is 7.22. The van der Waals surface area contributed by atoms with Crippen LogP contribution in [-0.4, -0.2) is 37.1 Å². The molecule has 0 saturated heterocycles. The van der Waals surface area contributed by atoms with Gasteiger partial charge in [0.1, 0.15) is 10.4 Å². The molecule has 3 heterocycles. The van der Waals surface area contributed by atoms with E-state index < -0.39 is 17.9 Å². The molecule has 0 radical (unpaired) electrons. The largest absolute Gasteiger partial charge is 0.435 e. The van der Waals surface area contributed by atoms with Crippen LogP contribution in [0, 0.1) is 0 Å². The van der Waals surface area contributed by atoms with Gasteiger partial charge in [-0.25, -0.2) is 18.9 Å². The molecule has 0 atom stereocenters. The highest BCUT2D eigenvalue weighted by atomic mass is 32.1. The van der Waals surface area contributed by atoms with Crippen LogP contribution in [0.25, 0.3) is 32.6 Å². The molecule has 5 aromatic rings. The summed E-state index contributed by atoms with van der Waals surface area (Å²) in [5.41, 5.74) is 0.485. The number of benzene rings is 2. The van der Waals surface area contributed by atoms with Gasteiger partial charge in [0.15, 0.2) is 10.8 Å². The number of alkyl halides is 2. The molecule has 0 aliphatic heterocycles. The first-order valence-electron chi connectivity index (χ1n) is 10.3. The van der Waals surface area contributed by atoms with Gasteiger partial charge in [0.05, 0.1) is 16.9 Å². The van der Waals surface area contributed by atoms with E-state index in [-0.39, 0.29) is 16.1 Å². The van der Waals surface area contributed by atoms with Crippen LogP contribution in [0.1, 0.15) is 6.92 Å². The predicted octanol–water partition coefficient (Wildman–Crippen LogP) is 3.52. The number of thiazole rings is 1. The zero-order valence-electron chi connectivity index (χ0n) is 18.0. The number of ether oxygens (including phenoxy) is 1. The summed E-state index contributed by atoms with van der Waals surface area (Å²) >= 11 is 1.14. The van der Waals surface area contributed by atoms with Gasteiger partial charge >= 0.3 is 12.3 Å². The van der Waals surface area contributed by atoms with Crippen molar-refractivity contribution >= 4 is 37.7 Å². The lowest BCUT2D eigenvalue weighted by atomic mass is 10.2. The third-order valence-corrected chi connectivity index (χ3v) is 6.10. The van der Waals surface area contributed by atoms with Gasteiger partial charge in [-0.05, 0) is 49.4 Å². The molecule has 0 spiro atoms. The molecule has 34 heavy (non-hydrogen) atoms. The van der Waals surface area contributed by atoms with Crippen LogP contribution in [0.3, 0.4) is 0 Å². The summed E-state index contributed by atoms with van der Waals surface area (Å²) < 4.78 is 33.8. The maximum Gasteiger partial charge on any atom is 0.387 e. The molecule has 0 aliphatic carbocycles. The molecule has 0 saturated carbocycles.